The van der Waals surface area contributed by atoms with E-state index in [1.54, 1.807) is 6.07 Å². The molecule has 2 rings (SSSR count). The standard InChI is InChI=1S/C15H22BrNO/c1-3-5-10-8-14(10)17-13(4-2)12-9-11(16)6-7-15(12)18/h6-7,9-10,13-14,17-18H,3-5,8H2,1-2H3. The molecule has 2 N–H and O–H groups in total. The van der Waals surface area contributed by atoms with Gasteiger partial charge in [0.2, 0.25) is 0 Å². The fraction of sp³-hybridized carbons (Fsp3) is 0.600. The van der Waals surface area contributed by atoms with E-state index in [4.69, 9.17) is 0 Å². The first kappa shape index (κ1) is 13.9. The molecule has 1 aromatic carbocycles. The lowest BCUT2D eigenvalue weighted by atomic mass is 10.0. The van der Waals surface area contributed by atoms with E-state index in [9.17, 15) is 5.11 Å². The van der Waals surface area contributed by atoms with Crippen molar-refractivity contribution in [2.45, 2.75) is 51.6 Å². The van der Waals surface area contributed by atoms with E-state index in [2.05, 4.69) is 35.1 Å². The van der Waals surface area contributed by atoms with E-state index >= 15 is 0 Å². The Balaban J connectivity index is 2.02. The smallest absolute Gasteiger partial charge is 0.120 e. The minimum atomic E-state index is 0.259. The summed E-state index contributed by atoms with van der Waals surface area (Å²) in [5.41, 5.74) is 1.01. The number of halogens is 1. The maximum atomic E-state index is 9.98. The van der Waals surface area contributed by atoms with E-state index in [1.165, 1.54) is 19.3 Å². The summed E-state index contributed by atoms with van der Waals surface area (Å²) < 4.78 is 1.02. The van der Waals surface area contributed by atoms with Crippen molar-refractivity contribution in [1.82, 2.24) is 5.32 Å². The van der Waals surface area contributed by atoms with Gasteiger partial charge in [-0.3, -0.25) is 0 Å². The second kappa shape index (κ2) is 6.07. The Kier molecular flexibility index (Phi) is 4.68. The summed E-state index contributed by atoms with van der Waals surface area (Å²) in [6, 6.07) is 6.57. The van der Waals surface area contributed by atoms with Gasteiger partial charge < -0.3 is 10.4 Å². The summed E-state index contributed by atoms with van der Waals surface area (Å²) in [5, 5.41) is 13.7. The van der Waals surface area contributed by atoms with E-state index < -0.39 is 0 Å². The van der Waals surface area contributed by atoms with Crippen LogP contribution in [0.25, 0.3) is 0 Å². The number of hydrogen-bond donors (Lipinski definition) is 2. The lowest BCUT2D eigenvalue weighted by Gasteiger charge is -2.19. The molecule has 1 saturated carbocycles. The second-order valence-corrected chi connectivity index (χ2v) is 6.14. The average molecular weight is 312 g/mol. The molecule has 0 spiro atoms. The van der Waals surface area contributed by atoms with Crippen molar-refractivity contribution in [2.75, 3.05) is 0 Å². The number of hydrogen-bond acceptors (Lipinski definition) is 2. The molecular formula is C15H22BrNO. The zero-order valence-corrected chi connectivity index (χ0v) is 12.7. The SMILES string of the molecule is CCCC1CC1NC(CC)c1cc(Br)ccc1O. The maximum absolute atomic E-state index is 9.98. The fourth-order valence-corrected chi connectivity index (χ4v) is 3.01. The summed E-state index contributed by atoms with van der Waals surface area (Å²) in [5.74, 6) is 1.24. The number of benzene rings is 1. The average Bonchev–Trinajstić information content (AvgIpc) is 3.08. The van der Waals surface area contributed by atoms with Crippen molar-refractivity contribution in [3.05, 3.63) is 28.2 Å². The van der Waals surface area contributed by atoms with E-state index in [-0.39, 0.29) is 6.04 Å². The molecule has 0 aliphatic heterocycles. The van der Waals surface area contributed by atoms with Crippen molar-refractivity contribution >= 4 is 15.9 Å². The molecule has 0 amide bonds. The molecule has 0 heterocycles. The van der Waals surface area contributed by atoms with Crippen LogP contribution in [0.5, 0.6) is 5.75 Å². The van der Waals surface area contributed by atoms with E-state index in [1.807, 2.05) is 12.1 Å². The molecule has 1 aromatic rings. The number of aromatic hydroxyl groups is 1. The first-order chi connectivity index (χ1) is 8.65. The predicted molar refractivity (Wildman–Crippen MR) is 78.8 cm³/mol. The van der Waals surface area contributed by atoms with Crippen molar-refractivity contribution in [2.24, 2.45) is 5.92 Å². The fourth-order valence-electron chi connectivity index (χ4n) is 2.63. The van der Waals surface area contributed by atoms with E-state index in [0.717, 1.165) is 22.4 Å². The first-order valence-corrected chi connectivity index (χ1v) is 7.69. The van der Waals surface area contributed by atoms with Gasteiger partial charge in [0.1, 0.15) is 5.75 Å². The summed E-state index contributed by atoms with van der Waals surface area (Å²) in [7, 11) is 0. The Morgan fingerprint density at radius 3 is 2.89 bits per heavy atom. The van der Waals surface area contributed by atoms with Crippen molar-refractivity contribution in [3.63, 3.8) is 0 Å². The number of nitrogens with one attached hydrogen (secondary N) is 1. The van der Waals surface area contributed by atoms with Crippen LogP contribution in [0.15, 0.2) is 22.7 Å². The summed E-state index contributed by atoms with van der Waals surface area (Å²) in [6.07, 6.45) is 4.87. The van der Waals surface area contributed by atoms with Crippen LogP contribution in [-0.4, -0.2) is 11.1 Å². The second-order valence-electron chi connectivity index (χ2n) is 5.22. The molecule has 1 fully saturated rings. The van der Waals surface area contributed by atoms with Crippen molar-refractivity contribution in [1.29, 1.82) is 0 Å². The quantitative estimate of drug-likeness (QED) is 0.817. The van der Waals surface area contributed by atoms with Crippen LogP contribution in [0.2, 0.25) is 0 Å². The van der Waals surface area contributed by atoms with Crippen LogP contribution in [0.3, 0.4) is 0 Å². The normalized spacial score (nSPS) is 23.9. The molecule has 0 radical (unpaired) electrons. The minimum absolute atomic E-state index is 0.259. The number of phenols is 1. The van der Waals surface area contributed by atoms with Crippen molar-refractivity contribution in [3.8, 4) is 5.75 Å². The molecule has 1 aliphatic carbocycles. The highest BCUT2D eigenvalue weighted by Gasteiger charge is 2.37. The lowest BCUT2D eigenvalue weighted by Crippen LogP contribution is -2.24. The van der Waals surface area contributed by atoms with Gasteiger partial charge >= 0.3 is 0 Å². The first-order valence-electron chi connectivity index (χ1n) is 6.90. The van der Waals surface area contributed by atoms with Crippen LogP contribution in [0, 0.1) is 5.92 Å². The largest absolute Gasteiger partial charge is 0.508 e. The molecular weight excluding hydrogens is 290 g/mol. The zero-order valence-electron chi connectivity index (χ0n) is 11.1. The van der Waals surface area contributed by atoms with Crippen LogP contribution in [0.4, 0.5) is 0 Å². The molecule has 1 aliphatic rings. The maximum Gasteiger partial charge on any atom is 0.120 e. The molecule has 3 unspecified atom stereocenters. The third kappa shape index (κ3) is 3.27. The topological polar surface area (TPSA) is 32.3 Å². The van der Waals surface area contributed by atoms with Crippen molar-refractivity contribution < 1.29 is 5.11 Å². The van der Waals surface area contributed by atoms with Gasteiger partial charge in [-0.1, -0.05) is 36.2 Å². The number of phenolic OH excluding ortho intramolecular Hbond substituents is 1. The van der Waals surface area contributed by atoms with E-state index in [0.29, 0.717) is 11.8 Å². The highest BCUT2D eigenvalue weighted by Crippen LogP contribution is 2.38. The third-order valence-electron chi connectivity index (χ3n) is 3.77. The van der Waals surface area contributed by atoms with Gasteiger partial charge in [0.05, 0.1) is 0 Å². The van der Waals surface area contributed by atoms with Crippen LogP contribution in [-0.2, 0) is 0 Å². The number of rotatable bonds is 6. The Morgan fingerprint density at radius 1 is 1.44 bits per heavy atom. The Hall–Kier alpha value is -0.540. The van der Waals surface area contributed by atoms with Gasteiger partial charge in [-0.2, -0.15) is 0 Å². The third-order valence-corrected chi connectivity index (χ3v) is 4.26. The molecule has 18 heavy (non-hydrogen) atoms. The Morgan fingerprint density at radius 2 is 2.22 bits per heavy atom. The highest BCUT2D eigenvalue weighted by atomic mass is 79.9. The van der Waals surface area contributed by atoms with Crippen LogP contribution < -0.4 is 5.32 Å². The summed E-state index contributed by atoms with van der Waals surface area (Å²) in [4.78, 5) is 0. The minimum Gasteiger partial charge on any atom is -0.508 e. The van der Waals surface area contributed by atoms with Gasteiger partial charge in [-0.05, 0) is 43.4 Å². The summed E-state index contributed by atoms with van der Waals surface area (Å²) in [6.45, 7) is 4.40. The monoisotopic (exact) mass is 311 g/mol. The highest BCUT2D eigenvalue weighted by molar-refractivity contribution is 9.10. The molecule has 3 heteroatoms. The van der Waals surface area contributed by atoms with Crippen LogP contribution in [0.1, 0.15) is 51.1 Å². The molecule has 3 atom stereocenters. The van der Waals surface area contributed by atoms with Gasteiger partial charge in [-0.15, -0.1) is 0 Å². The lowest BCUT2D eigenvalue weighted by molar-refractivity contribution is 0.434. The molecule has 100 valence electrons. The molecule has 0 bridgehead atoms. The molecule has 2 nitrogen and oxygen atoms in total. The molecule has 0 saturated heterocycles. The van der Waals surface area contributed by atoms with Gasteiger partial charge in [-0.25, -0.2) is 0 Å². The van der Waals surface area contributed by atoms with Gasteiger partial charge in [0, 0.05) is 22.1 Å². The zero-order chi connectivity index (χ0) is 13.1. The molecule has 0 aromatic heterocycles. The van der Waals surface area contributed by atoms with Gasteiger partial charge in [0.15, 0.2) is 0 Å². The Bertz CT molecular complexity index is 407. The van der Waals surface area contributed by atoms with Crippen LogP contribution >= 0.6 is 15.9 Å². The summed E-state index contributed by atoms with van der Waals surface area (Å²) >= 11 is 3.47. The predicted octanol–water partition coefficient (Wildman–Crippen LogP) is 4.38. The Labute approximate surface area is 118 Å². The van der Waals surface area contributed by atoms with Gasteiger partial charge in [0.25, 0.3) is 0 Å².